The number of Topliss-reactive ketones (excluding diaryl/α,β-unsaturated/α-hetero) is 1. The summed E-state index contributed by atoms with van der Waals surface area (Å²) in [7, 11) is 0. The molecule has 1 saturated heterocycles. The first-order valence-corrected chi connectivity index (χ1v) is 5.27. The number of hydrogen-bond donors (Lipinski definition) is 1. The molecule has 1 aliphatic heterocycles. The lowest BCUT2D eigenvalue weighted by molar-refractivity contribution is -0.127. The van der Waals surface area contributed by atoms with Crippen LogP contribution >= 0.6 is 0 Å². The van der Waals surface area contributed by atoms with Crippen molar-refractivity contribution < 1.29 is 14.7 Å². The Morgan fingerprint density at radius 2 is 2.00 bits per heavy atom. The first-order valence-electron chi connectivity index (χ1n) is 5.27. The van der Waals surface area contributed by atoms with Crippen molar-refractivity contribution in [3.63, 3.8) is 0 Å². The summed E-state index contributed by atoms with van der Waals surface area (Å²) in [5.74, 6) is 0.0937. The molecule has 1 aromatic carbocycles. The molecule has 0 saturated carbocycles. The maximum atomic E-state index is 11.8. The number of rotatable bonds is 3. The number of hydrogen-bond acceptors (Lipinski definition) is 3. The van der Waals surface area contributed by atoms with Crippen LogP contribution < -0.4 is 0 Å². The maximum Gasteiger partial charge on any atom is 0.223 e. The first-order chi connectivity index (χ1) is 7.66. The average molecular weight is 219 g/mol. The average Bonchev–Trinajstić information content (AvgIpc) is 2.65. The monoisotopic (exact) mass is 219 g/mol. The summed E-state index contributed by atoms with van der Waals surface area (Å²) >= 11 is 0. The fourth-order valence-electron chi connectivity index (χ4n) is 1.78. The number of aromatic hydroxyl groups is 1. The molecule has 4 nitrogen and oxygen atoms in total. The van der Waals surface area contributed by atoms with Gasteiger partial charge in [0.2, 0.25) is 5.91 Å². The summed E-state index contributed by atoms with van der Waals surface area (Å²) in [6.07, 6.45) is 1.38. The number of carbonyl (C=O) groups is 2. The molecule has 1 aromatic rings. The summed E-state index contributed by atoms with van der Waals surface area (Å²) in [6.45, 7) is 0.812. The summed E-state index contributed by atoms with van der Waals surface area (Å²) < 4.78 is 0. The molecule has 0 aliphatic carbocycles. The van der Waals surface area contributed by atoms with Crippen LogP contribution in [0, 0.1) is 0 Å². The predicted molar refractivity (Wildman–Crippen MR) is 58.3 cm³/mol. The number of benzene rings is 1. The van der Waals surface area contributed by atoms with Crippen LogP contribution in [-0.2, 0) is 4.79 Å². The number of nitrogens with zero attached hydrogens (tertiary/aromatic N) is 1. The van der Waals surface area contributed by atoms with Crippen LogP contribution in [0.4, 0.5) is 0 Å². The molecule has 0 bridgehead atoms. The van der Waals surface area contributed by atoms with Crippen molar-refractivity contribution in [2.24, 2.45) is 0 Å². The lowest BCUT2D eigenvalue weighted by Crippen LogP contribution is -2.30. The number of ketones is 1. The van der Waals surface area contributed by atoms with Gasteiger partial charge in [0, 0.05) is 18.5 Å². The molecule has 0 unspecified atom stereocenters. The van der Waals surface area contributed by atoms with E-state index >= 15 is 0 Å². The Bertz CT molecular complexity index is 411. The Kier molecular flexibility index (Phi) is 2.90. The minimum absolute atomic E-state index is 0.0483. The molecule has 1 heterocycles. The van der Waals surface area contributed by atoms with E-state index in [0.29, 0.717) is 18.5 Å². The second-order valence-corrected chi connectivity index (χ2v) is 3.89. The summed E-state index contributed by atoms with van der Waals surface area (Å²) in [4.78, 5) is 24.7. The minimum Gasteiger partial charge on any atom is -0.508 e. The van der Waals surface area contributed by atoms with Gasteiger partial charge in [0.15, 0.2) is 5.78 Å². The molecule has 1 aliphatic rings. The summed E-state index contributed by atoms with van der Waals surface area (Å²) in [5.41, 5.74) is 0.525. The van der Waals surface area contributed by atoms with Crippen molar-refractivity contribution in [1.82, 2.24) is 4.90 Å². The zero-order chi connectivity index (χ0) is 11.5. The van der Waals surface area contributed by atoms with Gasteiger partial charge >= 0.3 is 0 Å². The largest absolute Gasteiger partial charge is 0.508 e. The van der Waals surface area contributed by atoms with Crippen molar-refractivity contribution in [1.29, 1.82) is 0 Å². The lowest BCUT2D eigenvalue weighted by atomic mass is 10.1. The van der Waals surface area contributed by atoms with Crippen LogP contribution in [-0.4, -0.2) is 34.8 Å². The van der Waals surface area contributed by atoms with Gasteiger partial charge < -0.3 is 10.0 Å². The fourth-order valence-corrected chi connectivity index (χ4v) is 1.78. The highest BCUT2D eigenvalue weighted by Crippen LogP contribution is 2.13. The third kappa shape index (κ3) is 2.21. The molecule has 0 aromatic heterocycles. The number of amides is 1. The van der Waals surface area contributed by atoms with Gasteiger partial charge in [0.1, 0.15) is 5.75 Å². The molecule has 0 radical (unpaired) electrons. The minimum atomic E-state index is -0.0877. The van der Waals surface area contributed by atoms with Gasteiger partial charge in [-0.3, -0.25) is 9.59 Å². The van der Waals surface area contributed by atoms with E-state index in [-0.39, 0.29) is 24.0 Å². The fraction of sp³-hybridized carbons (Fsp3) is 0.333. The van der Waals surface area contributed by atoms with Crippen LogP contribution in [0.3, 0.4) is 0 Å². The molecule has 0 spiro atoms. The maximum absolute atomic E-state index is 11.8. The van der Waals surface area contributed by atoms with Gasteiger partial charge in [-0.15, -0.1) is 0 Å². The van der Waals surface area contributed by atoms with Crippen LogP contribution in [0.1, 0.15) is 23.2 Å². The quantitative estimate of drug-likeness (QED) is 0.777. The molecule has 16 heavy (non-hydrogen) atoms. The number of carbonyl (C=O) groups excluding carboxylic acids is 2. The molecule has 2 rings (SSSR count). The van der Waals surface area contributed by atoms with Crippen molar-refractivity contribution in [2.75, 3.05) is 13.1 Å². The number of likely N-dealkylation sites (tertiary alicyclic amines) is 1. The summed E-state index contributed by atoms with van der Waals surface area (Å²) in [5, 5.41) is 9.09. The van der Waals surface area contributed by atoms with Crippen LogP contribution in [0.5, 0.6) is 5.75 Å². The van der Waals surface area contributed by atoms with E-state index in [9.17, 15) is 9.59 Å². The smallest absolute Gasteiger partial charge is 0.223 e. The number of phenolic OH excluding ortho intramolecular Hbond substituents is 1. The van der Waals surface area contributed by atoms with Crippen LogP contribution in [0.15, 0.2) is 24.3 Å². The standard InChI is InChI=1S/C12H13NO3/c14-10-5-3-9(4-6-10)11(15)8-13-7-1-2-12(13)16/h3-6,14H,1-2,7-8H2. The normalized spacial score (nSPS) is 15.5. The van der Waals surface area contributed by atoms with E-state index in [1.165, 1.54) is 12.1 Å². The lowest BCUT2D eigenvalue weighted by Gasteiger charge is -2.14. The Balaban J connectivity index is 2.02. The second-order valence-electron chi connectivity index (χ2n) is 3.89. The molecular formula is C12H13NO3. The van der Waals surface area contributed by atoms with E-state index in [2.05, 4.69) is 0 Å². The molecule has 84 valence electrons. The summed E-state index contributed by atoms with van der Waals surface area (Å²) in [6, 6.07) is 6.08. The van der Waals surface area contributed by atoms with Gasteiger partial charge in [0.05, 0.1) is 6.54 Å². The molecule has 1 fully saturated rings. The first kappa shape index (κ1) is 10.7. The molecule has 0 atom stereocenters. The second kappa shape index (κ2) is 4.35. The van der Waals surface area contributed by atoms with Gasteiger partial charge in [-0.25, -0.2) is 0 Å². The van der Waals surface area contributed by atoms with E-state index < -0.39 is 0 Å². The SMILES string of the molecule is O=C(CN1CCCC1=O)c1ccc(O)cc1. The Hall–Kier alpha value is -1.84. The highest BCUT2D eigenvalue weighted by atomic mass is 16.3. The Morgan fingerprint density at radius 3 is 2.56 bits per heavy atom. The van der Waals surface area contributed by atoms with Crippen LogP contribution in [0.2, 0.25) is 0 Å². The van der Waals surface area contributed by atoms with Crippen molar-refractivity contribution in [2.45, 2.75) is 12.8 Å². The Labute approximate surface area is 93.5 Å². The zero-order valence-corrected chi connectivity index (χ0v) is 8.85. The number of phenols is 1. The third-order valence-corrected chi connectivity index (χ3v) is 2.70. The van der Waals surface area contributed by atoms with E-state index in [4.69, 9.17) is 5.11 Å². The third-order valence-electron chi connectivity index (χ3n) is 2.70. The Morgan fingerprint density at radius 1 is 1.31 bits per heavy atom. The molecule has 1 N–H and O–H groups in total. The van der Waals surface area contributed by atoms with Crippen molar-refractivity contribution in [3.8, 4) is 5.75 Å². The predicted octanol–water partition coefficient (Wildman–Crippen LogP) is 1.20. The highest BCUT2D eigenvalue weighted by Gasteiger charge is 2.22. The topological polar surface area (TPSA) is 57.6 Å². The van der Waals surface area contributed by atoms with Crippen molar-refractivity contribution >= 4 is 11.7 Å². The van der Waals surface area contributed by atoms with Gasteiger partial charge in [-0.05, 0) is 30.7 Å². The molecular weight excluding hydrogens is 206 g/mol. The van der Waals surface area contributed by atoms with E-state index in [0.717, 1.165) is 6.42 Å². The molecule has 1 amide bonds. The van der Waals surface area contributed by atoms with Gasteiger partial charge in [0.25, 0.3) is 0 Å². The highest BCUT2D eigenvalue weighted by molar-refractivity contribution is 5.99. The molecule has 4 heteroatoms. The zero-order valence-electron chi connectivity index (χ0n) is 8.85. The van der Waals surface area contributed by atoms with Crippen molar-refractivity contribution in [3.05, 3.63) is 29.8 Å². The van der Waals surface area contributed by atoms with Gasteiger partial charge in [-0.1, -0.05) is 0 Å². The van der Waals surface area contributed by atoms with E-state index in [1.54, 1.807) is 17.0 Å². The van der Waals surface area contributed by atoms with Crippen LogP contribution in [0.25, 0.3) is 0 Å². The van der Waals surface area contributed by atoms with Gasteiger partial charge in [-0.2, -0.15) is 0 Å². The van der Waals surface area contributed by atoms with E-state index in [1.807, 2.05) is 0 Å².